The molecule has 2 rings (SSSR count). The van der Waals surface area contributed by atoms with E-state index >= 15 is 0 Å². The van der Waals surface area contributed by atoms with E-state index in [1.165, 1.54) is 18.2 Å². The van der Waals surface area contributed by atoms with Gasteiger partial charge in [0.2, 0.25) is 0 Å². The van der Waals surface area contributed by atoms with Gasteiger partial charge in [-0.3, -0.25) is 4.79 Å². The van der Waals surface area contributed by atoms with Gasteiger partial charge >= 0.3 is 12.1 Å². The number of esters is 1. The summed E-state index contributed by atoms with van der Waals surface area (Å²) >= 11 is 11.8. The molecule has 1 N–H and O–H groups in total. The van der Waals surface area contributed by atoms with Crippen molar-refractivity contribution in [3.63, 3.8) is 0 Å². The number of carbonyl (C=O) groups is 2. The number of ether oxygens (including phenoxy) is 2. The van der Waals surface area contributed by atoms with Crippen LogP contribution in [-0.2, 0) is 15.7 Å². The van der Waals surface area contributed by atoms with Gasteiger partial charge in [0.15, 0.2) is 11.9 Å². The van der Waals surface area contributed by atoms with Crippen molar-refractivity contribution < 1.29 is 37.3 Å². The molecule has 156 valence electrons. The summed E-state index contributed by atoms with van der Waals surface area (Å²) in [6, 6.07) is 6.52. The summed E-state index contributed by atoms with van der Waals surface area (Å²) in [6.07, 6.45) is -6.78. The summed E-state index contributed by atoms with van der Waals surface area (Å²) < 4.78 is 48.2. The van der Waals surface area contributed by atoms with E-state index in [1.54, 1.807) is 6.92 Å². The van der Waals surface area contributed by atoms with E-state index in [4.69, 9.17) is 27.9 Å². The topological polar surface area (TPSA) is 72.8 Å². The summed E-state index contributed by atoms with van der Waals surface area (Å²) in [5.41, 5.74) is -0.981. The normalized spacial score (nSPS) is 12.4. The number of benzene rings is 2. The Kier molecular flexibility index (Phi) is 7.51. The van der Waals surface area contributed by atoms with E-state index < -0.39 is 36.0 Å². The highest BCUT2D eigenvalue weighted by atomic mass is 35.5. The van der Waals surface area contributed by atoms with Crippen LogP contribution in [0.25, 0.3) is 0 Å². The highest BCUT2D eigenvalue weighted by molar-refractivity contribution is 6.34. The Morgan fingerprint density at radius 3 is 2.38 bits per heavy atom. The minimum atomic E-state index is -4.55. The molecule has 0 aromatic heterocycles. The number of ketones is 1. The molecule has 0 radical (unpaired) electrons. The second-order valence-electron chi connectivity index (χ2n) is 5.78. The number of Topliss-reactive ketones (excluding diaryl/α,β-unsaturated/α-hetero) is 1. The predicted molar refractivity (Wildman–Crippen MR) is 99.6 cm³/mol. The lowest BCUT2D eigenvalue weighted by Crippen LogP contribution is -2.26. The number of halogens is 5. The molecule has 0 unspecified atom stereocenters. The van der Waals surface area contributed by atoms with Crippen molar-refractivity contribution in [3.8, 4) is 11.5 Å². The van der Waals surface area contributed by atoms with Gasteiger partial charge in [0, 0.05) is 12.0 Å². The molecule has 1 atom stereocenters. The average molecular weight is 451 g/mol. The molecule has 0 fully saturated rings. The molecule has 0 saturated heterocycles. The van der Waals surface area contributed by atoms with Gasteiger partial charge in [-0.2, -0.15) is 13.2 Å². The quantitative estimate of drug-likeness (QED) is 0.457. The molecule has 2 aromatic rings. The van der Waals surface area contributed by atoms with Crippen molar-refractivity contribution in [3.05, 3.63) is 57.6 Å². The second-order valence-corrected chi connectivity index (χ2v) is 6.60. The van der Waals surface area contributed by atoms with Crippen molar-refractivity contribution >= 4 is 35.0 Å². The third-order valence-corrected chi connectivity index (χ3v) is 4.29. The van der Waals surface area contributed by atoms with Crippen molar-refractivity contribution in [1.82, 2.24) is 0 Å². The number of hydrogen-bond acceptors (Lipinski definition) is 5. The van der Waals surface area contributed by atoms with Gasteiger partial charge in [-0.15, -0.1) is 0 Å². The van der Waals surface area contributed by atoms with E-state index in [-0.39, 0.29) is 33.7 Å². The summed E-state index contributed by atoms with van der Waals surface area (Å²) in [6.45, 7) is 1.60. The molecular formula is C19H15Cl2F3O5. The first-order valence-corrected chi connectivity index (χ1v) is 9.00. The molecule has 0 aliphatic rings. The number of rotatable bonds is 7. The monoisotopic (exact) mass is 450 g/mol. The average Bonchev–Trinajstić information content (AvgIpc) is 2.64. The molecule has 5 nitrogen and oxygen atoms in total. The van der Waals surface area contributed by atoms with Gasteiger partial charge in [-0.1, -0.05) is 23.2 Å². The maximum absolute atomic E-state index is 12.7. The zero-order chi connectivity index (χ0) is 21.8. The van der Waals surface area contributed by atoms with Gasteiger partial charge in [0.25, 0.3) is 0 Å². The Morgan fingerprint density at radius 2 is 1.79 bits per heavy atom. The number of alkyl halides is 3. The van der Waals surface area contributed by atoms with E-state index in [2.05, 4.69) is 4.74 Å². The number of carbonyl (C=O) groups excluding carboxylic acids is 2. The third kappa shape index (κ3) is 6.09. The van der Waals surface area contributed by atoms with Crippen molar-refractivity contribution in [2.45, 2.75) is 25.6 Å². The van der Waals surface area contributed by atoms with Crippen molar-refractivity contribution in [2.24, 2.45) is 0 Å². The Bertz CT molecular complexity index is 915. The molecule has 0 heterocycles. The van der Waals surface area contributed by atoms with Crippen LogP contribution in [0.4, 0.5) is 13.2 Å². The number of aliphatic hydroxyl groups excluding tert-OH is 1. The molecule has 0 aliphatic heterocycles. The van der Waals surface area contributed by atoms with Crippen LogP contribution >= 0.6 is 23.2 Å². The van der Waals surface area contributed by atoms with Crippen molar-refractivity contribution in [1.29, 1.82) is 0 Å². The lowest BCUT2D eigenvalue weighted by atomic mass is 10.0. The van der Waals surface area contributed by atoms with Crippen LogP contribution in [0.5, 0.6) is 11.5 Å². The summed E-state index contributed by atoms with van der Waals surface area (Å²) in [5.74, 6) is -1.59. The maximum Gasteiger partial charge on any atom is 0.416 e. The highest BCUT2D eigenvalue weighted by Gasteiger charge is 2.31. The first-order valence-electron chi connectivity index (χ1n) is 8.25. The van der Waals surface area contributed by atoms with Gasteiger partial charge in [-0.25, -0.2) is 4.79 Å². The molecule has 0 spiro atoms. The second kappa shape index (κ2) is 9.47. The van der Waals surface area contributed by atoms with Crippen molar-refractivity contribution in [2.75, 3.05) is 6.61 Å². The van der Waals surface area contributed by atoms with E-state index in [1.807, 2.05) is 0 Å². The summed E-state index contributed by atoms with van der Waals surface area (Å²) in [7, 11) is 0. The molecule has 0 amide bonds. The Hall–Kier alpha value is -2.29. The van der Waals surface area contributed by atoms with Crippen LogP contribution in [0.3, 0.4) is 0 Å². The smallest absolute Gasteiger partial charge is 0.416 e. The molecule has 0 saturated carbocycles. The van der Waals surface area contributed by atoms with Crippen LogP contribution in [0.1, 0.15) is 29.3 Å². The fourth-order valence-corrected chi connectivity index (χ4v) is 2.72. The van der Waals surface area contributed by atoms with Gasteiger partial charge in [0.1, 0.15) is 11.5 Å². The zero-order valence-electron chi connectivity index (χ0n) is 14.9. The highest BCUT2D eigenvalue weighted by Crippen LogP contribution is 2.37. The van der Waals surface area contributed by atoms with Crippen LogP contribution in [-0.4, -0.2) is 29.6 Å². The van der Waals surface area contributed by atoms with Crippen LogP contribution in [0, 0.1) is 0 Å². The van der Waals surface area contributed by atoms with Gasteiger partial charge in [-0.05, 0) is 43.3 Å². The van der Waals surface area contributed by atoms with Gasteiger partial charge in [0.05, 0.1) is 22.2 Å². The number of hydrogen-bond donors (Lipinski definition) is 1. The lowest BCUT2D eigenvalue weighted by Gasteiger charge is -2.13. The first kappa shape index (κ1) is 23.0. The lowest BCUT2D eigenvalue weighted by molar-refractivity contribution is -0.152. The van der Waals surface area contributed by atoms with E-state index in [9.17, 15) is 27.9 Å². The molecule has 0 bridgehead atoms. The predicted octanol–water partition coefficient (Wildman–Crippen LogP) is 5.30. The van der Waals surface area contributed by atoms with Crippen LogP contribution in [0.2, 0.25) is 10.0 Å². The Labute approximate surface area is 173 Å². The Morgan fingerprint density at radius 1 is 1.10 bits per heavy atom. The molecule has 2 aromatic carbocycles. The standard InChI is InChI=1S/C19H15Cl2F3O5/c1-2-28-18(27)16(26)9-15(25)12-8-11(4-5-13(12)20)29-17-6-3-10(7-14(17)21)19(22,23)24/h3-8,16,26H,2,9H2,1H3/t16-/m0/s1. The minimum Gasteiger partial charge on any atom is -0.464 e. The third-order valence-electron chi connectivity index (χ3n) is 3.66. The maximum atomic E-state index is 12.7. The fraction of sp³-hybridized carbons (Fsp3) is 0.263. The summed E-state index contributed by atoms with van der Waals surface area (Å²) in [5, 5.41) is 9.49. The zero-order valence-corrected chi connectivity index (χ0v) is 16.4. The van der Waals surface area contributed by atoms with Gasteiger partial charge < -0.3 is 14.6 Å². The molecular weight excluding hydrogens is 436 g/mol. The fourth-order valence-electron chi connectivity index (χ4n) is 2.28. The first-order chi connectivity index (χ1) is 13.5. The molecule has 29 heavy (non-hydrogen) atoms. The molecule has 10 heteroatoms. The minimum absolute atomic E-state index is 0.0388. The largest absolute Gasteiger partial charge is 0.464 e. The van der Waals surface area contributed by atoms with E-state index in [0.717, 1.165) is 12.1 Å². The van der Waals surface area contributed by atoms with Crippen LogP contribution < -0.4 is 4.74 Å². The van der Waals surface area contributed by atoms with Crippen LogP contribution in [0.15, 0.2) is 36.4 Å². The molecule has 0 aliphatic carbocycles. The summed E-state index contributed by atoms with van der Waals surface area (Å²) in [4.78, 5) is 23.8. The SMILES string of the molecule is CCOC(=O)[C@@H](O)CC(=O)c1cc(Oc2ccc(C(F)(F)F)cc2Cl)ccc1Cl. The Balaban J connectivity index is 2.21. The number of aliphatic hydroxyl groups is 1. The van der Waals surface area contributed by atoms with E-state index in [0.29, 0.717) is 6.07 Å².